The van der Waals surface area contributed by atoms with E-state index in [4.69, 9.17) is 0 Å². The molecule has 0 bridgehead atoms. The second-order valence-corrected chi connectivity index (χ2v) is 9.19. The molecule has 2 fully saturated rings. The number of benzene rings is 1. The maximum absolute atomic E-state index is 13.1. The molecule has 7 nitrogen and oxygen atoms in total. The van der Waals surface area contributed by atoms with Crippen LogP contribution in [0.25, 0.3) is 0 Å². The van der Waals surface area contributed by atoms with Crippen LogP contribution in [-0.4, -0.2) is 65.4 Å². The zero-order chi connectivity index (χ0) is 20.6. The van der Waals surface area contributed by atoms with E-state index in [9.17, 15) is 14.4 Å². The van der Waals surface area contributed by atoms with Gasteiger partial charge in [0.1, 0.15) is 5.54 Å². The molecule has 2 aromatic rings. The molecule has 2 aliphatic heterocycles. The van der Waals surface area contributed by atoms with E-state index >= 15 is 0 Å². The van der Waals surface area contributed by atoms with E-state index in [0.717, 1.165) is 14.9 Å². The van der Waals surface area contributed by atoms with Crippen LogP contribution in [-0.2, 0) is 10.3 Å². The van der Waals surface area contributed by atoms with Crippen LogP contribution in [0.2, 0.25) is 0 Å². The Hall–Kier alpha value is -2.23. The van der Waals surface area contributed by atoms with E-state index in [1.54, 1.807) is 6.92 Å². The van der Waals surface area contributed by atoms with E-state index in [-0.39, 0.29) is 18.5 Å². The summed E-state index contributed by atoms with van der Waals surface area (Å²) in [4.78, 5) is 44.0. The normalized spacial score (nSPS) is 22.8. The van der Waals surface area contributed by atoms with Gasteiger partial charge in [0, 0.05) is 30.7 Å². The number of urea groups is 1. The third-order valence-corrected chi connectivity index (χ3v) is 6.76. The summed E-state index contributed by atoms with van der Waals surface area (Å²) in [6, 6.07) is 10.7. The Balaban J connectivity index is 1.40. The molecule has 1 aromatic heterocycles. The Bertz CT molecular complexity index is 943. The summed E-state index contributed by atoms with van der Waals surface area (Å²) in [6.45, 7) is 4.32. The molecule has 2 aliphatic rings. The lowest BCUT2D eigenvalue weighted by molar-refractivity contribution is -0.132. The van der Waals surface area contributed by atoms with Crippen LogP contribution < -0.4 is 5.32 Å². The van der Waals surface area contributed by atoms with Crippen molar-refractivity contribution in [3.05, 3.63) is 56.7 Å². The quantitative estimate of drug-likeness (QED) is 0.688. The smallest absolute Gasteiger partial charge is 0.326 e. The van der Waals surface area contributed by atoms with Gasteiger partial charge in [-0.25, -0.2) is 9.69 Å². The minimum Gasteiger partial charge on any atom is -0.335 e. The topological polar surface area (TPSA) is 73.0 Å². The summed E-state index contributed by atoms with van der Waals surface area (Å²) in [5.74, 6) is -0.227. The minimum atomic E-state index is -1.09. The van der Waals surface area contributed by atoms with E-state index < -0.39 is 11.6 Å². The second kappa shape index (κ2) is 7.89. The molecule has 1 N–H and O–H groups in total. The number of thiophene rings is 1. The van der Waals surface area contributed by atoms with Crippen molar-refractivity contribution >= 4 is 45.1 Å². The summed E-state index contributed by atoms with van der Waals surface area (Å²) in [5.41, 5.74) is -0.350. The maximum atomic E-state index is 13.1. The Kier molecular flexibility index (Phi) is 5.46. The van der Waals surface area contributed by atoms with Crippen molar-refractivity contribution in [3.63, 3.8) is 0 Å². The number of carbonyl (C=O) groups excluding carboxylic acids is 3. The molecule has 0 saturated carbocycles. The van der Waals surface area contributed by atoms with Crippen LogP contribution in [0.4, 0.5) is 4.79 Å². The summed E-state index contributed by atoms with van der Waals surface area (Å²) in [5, 5.41) is 4.73. The van der Waals surface area contributed by atoms with Gasteiger partial charge in [-0.3, -0.25) is 14.5 Å². The third kappa shape index (κ3) is 3.82. The van der Waals surface area contributed by atoms with Crippen molar-refractivity contribution in [1.29, 1.82) is 0 Å². The molecular formula is C20H21BrN4O3S. The highest BCUT2D eigenvalue weighted by Crippen LogP contribution is 2.30. The molecule has 9 heteroatoms. The number of hydrogen-bond acceptors (Lipinski definition) is 5. The van der Waals surface area contributed by atoms with E-state index in [1.807, 2.05) is 51.6 Å². The summed E-state index contributed by atoms with van der Waals surface area (Å²) >= 11 is 4.85. The molecular weight excluding hydrogens is 456 g/mol. The molecule has 2 saturated heterocycles. The van der Waals surface area contributed by atoms with Gasteiger partial charge in [-0.15, -0.1) is 11.3 Å². The number of rotatable bonds is 4. The second-order valence-electron chi connectivity index (χ2n) is 7.33. The van der Waals surface area contributed by atoms with E-state index in [0.29, 0.717) is 26.2 Å². The molecule has 0 spiro atoms. The largest absolute Gasteiger partial charge is 0.335 e. The van der Waals surface area contributed by atoms with Gasteiger partial charge in [0.05, 0.1) is 11.5 Å². The Morgan fingerprint density at radius 1 is 1.17 bits per heavy atom. The first-order chi connectivity index (χ1) is 13.9. The van der Waals surface area contributed by atoms with E-state index in [1.165, 1.54) is 16.2 Å². The van der Waals surface area contributed by atoms with Gasteiger partial charge in [-0.2, -0.15) is 0 Å². The maximum Gasteiger partial charge on any atom is 0.326 e. The molecule has 1 aromatic carbocycles. The first-order valence-corrected chi connectivity index (χ1v) is 11.0. The molecule has 3 heterocycles. The fourth-order valence-electron chi connectivity index (χ4n) is 3.67. The molecule has 4 amide bonds. The summed E-state index contributed by atoms with van der Waals surface area (Å²) in [7, 11) is 0. The van der Waals surface area contributed by atoms with Crippen molar-refractivity contribution < 1.29 is 14.4 Å². The first kappa shape index (κ1) is 20.1. The first-order valence-electron chi connectivity index (χ1n) is 9.34. The van der Waals surface area contributed by atoms with Crippen LogP contribution in [0.15, 0.2) is 46.3 Å². The highest BCUT2D eigenvalue weighted by atomic mass is 79.9. The van der Waals surface area contributed by atoms with Crippen molar-refractivity contribution in [2.24, 2.45) is 0 Å². The van der Waals surface area contributed by atoms with Crippen molar-refractivity contribution in [2.75, 3.05) is 32.8 Å². The van der Waals surface area contributed by atoms with Gasteiger partial charge in [0.2, 0.25) is 0 Å². The zero-order valence-corrected chi connectivity index (χ0v) is 18.3. The Morgan fingerprint density at radius 2 is 1.93 bits per heavy atom. The Morgan fingerprint density at radius 3 is 2.59 bits per heavy atom. The number of nitrogens with zero attached hydrogens (tertiary/aromatic N) is 3. The highest BCUT2D eigenvalue weighted by molar-refractivity contribution is 9.10. The fraction of sp³-hybridized carbons (Fsp3) is 0.350. The number of carbonyl (C=O) groups is 3. The molecule has 4 rings (SSSR count). The number of piperazine rings is 1. The average molecular weight is 477 g/mol. The van der Waals surface area contributed by atoms with Crippen LogP contribution in [0.3, 0.4) is 0 Å². The van der Waals surface area contributed by atoms with Gasteiger partial charge in [0.15, 0.2) is 0 Å². The molecule has 29 heavy (non-hydrogen) atoms. The number of amides is 4. The minimum absolute atomic E-state index is 0.0388. The van der Waals surface area contributed by atoms with Gasteiger partial charge < -0.3 is 10.2 Å². The van der Waals surface area contributed by atoms with Crippen molar-refractivity contribution in [1.82, 2.24) is 20.0 Å². The number of imide groups is 1. The SMILES string of the molecule is CC1(c2cccc(Br)c2)NC(=O)N(CN2CCN(C(=O)c3cccs3)CC2)C1=O. The van der Waals surface area contributed by atoms with Crippen LogP contribution in [0.1, 0.15) is 22.2 Å². The van der Waals surface area contributed by atoms with Gasteiger partial charge in [-0.05, 0) is 36.1 Å². The lowest BCUT2D eigenvalue weighted by Crippen LogP contribution is -2.52. The standard InChI is InChI=1S/C20H21BrN4O3S/c1-20(14-4-2-5-15(21)12-14)18(27)25(19(28)22-20)13-23-7-9-24(10-8-23)17(26)16-6-3-11-29-16/h2-6,11-12H,7-10,13H2,1H3,(H,22,28). The molecule has 0 radical (unpaired) electrons. The van der Waals surface area contributed by atoms with Gasteiger partial charge in [0.25, 0.3) is 11.8 Å². The monoisotopic (exact) mass is 476 g/mol. The third-order valence-electron chi connectivity index (χ3n) is 5.41. The molecule has 1 unspecified atom stereocenters. The van der Waals surface area contributed by atoms with Crippen molar-refractivity contribution in [3.8, 4) is 0 Å². The van der Waals surface area contributed by atoms with Crippen LogP contribution >= 0.6 is 27.3 Å². The predicted molar refractivity (Wildman–Crippen MR) is 114 cm³/mol. The molecule has 1 atom stereocenters. The van der Waals surface area contributed by atoms with Crippen molar-refractivity contribution in [2.45, 2.75) is 12.5 Å². The van der Waals surface area contributed by atoms with Crippen LogP contribution in [0, 0.1) is 0 Å². The summed E-state index contributed by atoms with van der Waals surface area (Å²) < 4.78 is 0.850. The fourth-order valence-corrected chi connectivity index (χ4v) is 4.76. The molecule has 0 aliphatic carbocycles. The summed E-state index contributed by atoms with van der Waals surface area (Å²) in [6.07, 6.45) is 0. The van der Waals surface area contributed by atoms with Gasteiger partial charge >= 0.3 is 6.03 Å². The average Bonchev–Trinajstić information content (AvgIpc) is 3.32. The van der Waals surface area contributed by atoms with E-state index in [2.05, 4.69) is 21.2 Å². The lowest BCUT2D eigenvalue weighted by Gasteiger charge is -2.35. The Labute approximate surface area is 181 Å². The predicted octanol–water partition coefficient (Wildman–Crippen LogP) is 2.69. The van der Waals surface area contributed by atoms with Crippen LogP contribution in [0.5, 0.6) is 0 Å². The molecule has 152 valence electrons. The highest BCUT2D eigenvalue weighted by Gasteiger charge is 2.49. The lowest BCUT2D eigenvalue weighted by atomic mass is 9.92. The number of nitrogens with one attached hydrogen (secondary N) is 1. The zero-order valence-electron chi connectivity index (χ0n) is 15.9. The number of hydrogen-bond donors (Lipinski definition) is 1. The number of halogens is 1. The van der Waals surface area contributed by atoms with Gasteiger partial charge in [-0.1, -0.05) is 34.1 Å².